The van der Waals surface area contributed by atoms with Crippen molar-refractivity contribution in [3.05, 3.63) is 29.8 Å². The summed E-state index contributed by atoms with van der Waals surface area (Å²) in [6.45, 7) is -0.0896. The van der Waals surface area contributed by atoms with Crippen LogP contribution in [0.4, 0.5) is 5.69 Å². The number of hydrogen-bond donors (Lipinski definition) is 4. The fraction of sp³-hybridized carbons (Fsp3) is 0.588. The van der Waals surface area contributed by atoms with Gasteiger partial charge in [0.05, 0.1) is 18.3 Å². The number of benzene rings is 1. The average Bonchev–Trinajstić information content (AvgIpc) is 2.81. The van der Waals surface area contributed by atoms with Gasteiger partial charge in [0.25, 0.3) is 5.91 Å². The first-order valence-corrected chi connectivity index (χ1v) is 8.13. The lowest BCUT2D eigenvalue weighted by Gasteiger charge is -2.18. The summed E-state index contributed by atoms with van der Waals surface area (Å²) < 4.78 is 0. The van der Waals surface area contributed by atoms with E-state index in [9.17, 15) is 9.90 Å². The number of carbonyl (C=O) groups excluding carboxylic acids is 1. The zero-order chi connectivity index (χ0) is 15.8. The molecule has 0 spiro atoms. The van der Waals surface area contributed by atoms with Crippen molar-refractivity contribution in [1.29, 1.82) is 0 Å². The quantitative estimate of drug-likeness (QED) is 0.605. The van der Waals surface area contributed by atoms with Crippen LogP contribution in [0.5, 0.6) is 0 Å². The number of nitrogens with one attached hydrogen (secondary N) is 2. The number of carbonyl (C=O) groups is 1. The molecule has 1 aromatic carbocycles. The lowest BCUT2D eigenvalue weighted by atomic mass is 10.1. The van der Waals surface area contributed by atoms with Crippen LogP contribution in [-0.4, -0.2) is 41.4 Å². The van der Waals surface area contributed by atoms with Gasteiger partial charge in [-0.1, -0.05) is 37.8 Å². The van der Waals surface area contributed by atoms with Crippen LogP contribution in [0.3, 0.4) is 0 Å². The number of anilines is 1. The van der Waals surface area contributed by atoms with Gasteiger partial charge in [-0.3, -0.25) is 4.79 Å². The molecule has 0 aromatic heterocycles. The van der Waals surface area contributed by atoms with Crippen LogP contribution in [0.1, 0.15) is 48.9 Å². The summed E-state index contributed by atoms with van der Waals surface area (Å²) in [5, 5.41) is 24.4. The molecule has 0 heterocycles. The van der Waals surface area contributed by atoms with Crippen molar-refractivity contribution < 1.29 is 15.0 Å². The van der Waals surface area contributed by atoms with Crippen molar-refractivity contribution in [3.8, 4) is 0 Å². The normalized spacial score (nSPS) is 17.5. The standard InChI is InChI=1S/C17H26N2O3/c20-12-14(21)11-18-16-10-6-5-9-15(16)17(22)19-13-7-3-1-2-4-8-13/h5-6,9-10,13-14,18,20-21H,1-4,7-8,11-12H2,(H,19,22). The van der Waals surface area contributed by atoms with Crippen LogP contribution >= 0.6 is 0 Å². The molecule has 1 unspecified atom stereocenters. The van der Waals surface area contributed by atoms with E-state index < -0.39 is 6.10 Å². The first-order valence-electron chi connectivity index (χ1n) is 8.13. The van der Waals surface area contributed by atoms with Gasteiger partial charge in [-0.2, -0.15) is 0 Å². The van der Waals surface area contributed by atoms with Crippen LogP contribution in [0.25, 0.3) is 0 Å². The molecule has 0 radical (unpaired) electrons. The molecule has 1 atom stereocenters. The minimum absolute atomic E-state index is 0.0755. The summed E-state index contributed by atoms with van der Waals surface area (Å²) in [5.41, 5.74) is 1.26. The molecule has 122 valence electrons. The number of amides is 1. The molecule has 1 amide bonds. The van der Waals surface area contributed by atoms with Gasteiger partial charge in [-0.25, -0.2) is 0 Å². The molecule has 0 bridgehead atoms. The highest BCUT2D eigenvalue weighted by molar-refractivity contribution is 5.99. The molecule has 1 aliphatic rings. The molecular formula is C17H26N2O3. The van der Waals surface area contributed by atoms with Crippen molar-refractivity contribution in [2.75, 3.05) is 18.5 Å². The predicted molar refractivity (Wildman–Crippen MR) is 87.0 cm³/mol. The largest absolute Gasteiger partial charge is 0.394 e. The number of aliphatic hydroxyl groups excluding tert-OH is 2. The summed E-state index contributed by atoms with van der Waals surface area (Å²) in [6.07, 6.45) is 6.11. The maximum absolute atomic E-state index is 12.5. The summed E-state index contributed by atoms with van der Waals surface area (Å²) in [4.78, 5) is 12.5. The molecule has 4 N–H and O–H groups in total. The van der Waals surface area contributed by atoms with E-state index in [1.165, 1.54) is 25.7 Å². The number of para-hydroxylation sites is 1. The molecule has 0 aliphatic heterocycles. The van der Waals surface area contributed by atoms with Crippen molar-refractivity contribution in [1.82, 2.24) is 5.32 Å². The van der Waals surface area contributed by atoms with Crippen LogP contribution in [0.15, 0.2) is 24.3 Å². The number of aliphatic hydroxyl groups is 2. The fourth-order valence-corrected chi connectivity index (χ4v) is 2.81. The lowest BCUT2D eigenvalue weighted by molar-refractivity contribution is 0.0933. The van der Waals surface area contributed by atoms with Gasteiger partial charge in [0, 0.05) is 18.3 Å². The highest BCUT2D eigenvalue weighted by Crippen LogP contribution is 2.19. The van der Waals surface area contributed by atoms with Gasteiger partial charge in [-0.15, -0.1) is 0 Å². The van der Waals surface area contributed by atoms with E-state index >= 15 is 0 Å². The van der Waals surface area contributed by atoms with E-state index in [1.807, 2.05) is 18.2 Å². The Kier molecular flexibility index (Phi) is 6.68. The maximum atomic E-state index is 12.5. The van der Waals surface area contributed by atoms with E-state index in [2.05, 4.69) is 10.6 Å². The molecule has 1 aliphatic carbocycles. The van der Waals surface area contributed by atoms with E-state index in [1.54, 1.807) is 6.07 Å². The second-order valence-electron chi connectivity index (χ2n) is 5.92. The summed E-state index contributed by atoms with van der Waals surface area (Å²) in [6, 6.07) is 7.52. The van der Waals surface area contributed by atoms with Gasteiger partial charge < -0.3 is 20.8 Å². The maximum Gasteiger partial charge on any atom is 0.253 e. The van der Waals surface area contributed by atoms with Gasteiger partial charge in [0.15, 0.2) is 0 Å². The molecule has 5 nitrogen and oxygen atoms in total. The Morgan fingerprint density at radius 2 is 1.86 bits per heavy atom. The smallest absolute Gasteiger partial charge is 0.253 e. The average molecular weight is 306 g/mol. The zero-order valence-corrected chi connectivity index (χ0v) is 12.9. The molecule has 1 aromatic rings. The predicted octanol–water partition coefficient (Wildman–Crippen LogP) is 1.90. The third-order valence-corrected chi connectivity index (χ3v) is 4.10. The molecule has 5 heteroatoms. The van der Waals surface area contributed by atoms with E-state index in [4.69, 9.17) is 5.11 Å². The molecule has 2 rings (SSSR count). The van der Waals surface area contributed by atoms with Gasteiger partial charge >= 0.3 is 0 Å². The lowest BCUT2D eigenvalue weighted by Crippen LogP contribution is -2.35. The Hall–Kier alpha value is -1.59. The Bertz CT molecular complexity index is 471. The molecule has 1 fully saturated rings. The second-order valence-corrected chi connectivity index (χ2v) is 5.92. The van der Waals surface area contributed by atoms with Crippen molar-refractivity contribution in [2.24, 2.45) is 0 Å². The van der Waals surface area contributed by atoms with Crippen LogP contribution in [-0.2, 0) is 0 Å². The Balaban J connectivity index is 1.99. The Morgan fingerprint density at radius 3 is 2.55 bits per heavy atom. The monoisotopic (exact) mass is 306 g/mol. The van der Waals surface area contributed by atoms with Gasteiger partial charge in [0.2, 0.25) is 0 Å². The topological polar surface area (TPSA) is 81.6 Å². The molecule has 1 saturated carbocycles. The minimum atomic E-state index is -0.835. The SMILES string of the molecule is O=C(NC1CCCCCC1)c1ccccc1NCC(O)CO. The zero-order valence-electron chi connectivity index (χ0n) is 12.9. The first-order chi connectivity index (χ1) is 10.7. The van der Waals surface area contributed by atoms with E-state index in [0.29, 0.717) is 11.3 Å². The van der Waals surface area contributed by atoms with Crippen LogP contribution in [0, 0.1) is 0 Å². The van der Waals surface area contributed by atoms with Crippen molar-refractivity contribution in [2.45, 2.75) is 50.7 Å². The first kappa shape index (κ1) is 16.8. The number of rotatable bonds is 6. The summed E-state index contributed by atoms with van der Waals surface area (Å²) >= 11 is 0. The van der Waals surface area contributed by atoms with E-state index in [0.717, 1.165) is 12.8 Å². The molecule has 0 saturated heterocycles. The van der Waals surface area contributed by atoms with Crippen LogP contribution in [0.2, 0.25) is 0 Å². The third kappa shape index (κ3) is 5.00. The highest BCUT2D eigenvalue weighted by atomic mass is 16.3. The second kappa shape index (κ2) is 8.76. The van der Waals surface area contributed by atoms with Crippen molar-refractivity contribution in [3.63, 3.8) is 0 Å². The summed E-state index contributed by atoms with van der Waals surface area (Å²) in [5.74, 6) is -0.0755. The van der Waals surface area contributed by atoms with Crippen molar-refractivity contribution >= 4 is 11.6 Å². The van der Waals surface area contributed by atoms with Gasteiger partial charge in [0.1, 0.15) is 0 Å². The summed E-state index contributed by atoms with van der Waals surface area (Å²) in [7, 11) is 0. The van der Waals surface area contributed by atoms with Crippen LogP contribution < -0.4 is 10.6 Å². The van der Waals surface area contributed by atoms with E-state index in [-0.39, 0.29) is 25.1 Å². The molecular weight excluding hydrogens is 280 g/mol. The molecule has 22 heavy (non-hydrogen) atoms. The Morgan fingerprint density at radius 1 is 1.18 bits per heavy atom. The fourth-order valence-electron chi connectivity index (χ4n) is 2.81. The minimum Gasteiger partial charge on any atom is -0.394 e. The highest BCUT2D eigenvalue weighted by Gasteiger charge is 2.17. The third-order valence-electron chi connectivity index (χ3n) is 4.10. The number of hydrogen-bond acceptors (Lipinski definition) is 4. The van der Waals surface area contributed by atoms with Gasteiger partial charge in [-0.05, 0) is 25.0 Å². The Labute approximate surface area is 131 Å².